The normalized spacial score (nSPS) is 16.2. The lowest BCUT2D eigenvalue weighted by atomic mass is 10.1. The smallest absolute Gasteiger partial charge is 0.146 e. The first-order valence-electron chi connectivity index (χ1n) is 5.91. The van der Waals surface area contributed by atoms with Crippen LogP contribution in [0.4, 0.5) is 0 Å². The highest BCUT2D eigenvalue weighted by atomic mass is 16.1. The van der Waals surface area contributed by atoms with Crippen molar-refractivity contribution >= 4 is 5.78 Å². The number of carbonyl (C=O) groups is 1. The Morgan fingerprint density at radius 1 is 1.43 bits per heavy atom. The Labute approximate surface area is 87.5 Å². The number of nitrogens with one attached hydrogen (secondary N) is 1. The molecule has 0 spiro atoms. The van der Waals surface area contributed by atoms with Crippen molar-refractivity contribution in [3.05, 3.63) is 0 Å². The molecule has 0 aliphatic heterocycles. The van der Waals surface area contributed by atoms with Crippen LogP contribution in [-0.4, -0.2) is 18.9 Å². The number of Topliss-reactive ketones (excluding diaryl/α,β-unsaturated/α-hetero) is 1. The van der Waals surface area contributed by atoms with Crippen LogP contribution in [0.5, 0.6) is 0 Å². The molecule has 1 N–H and O–H groups in total. The lowest BCUT2D eigenvalue weighted by Crippen LogP contribution is -2.24. The zero-order valence-corrected chi connectivity index (χ0v) is 9.51. The number of carbonyl (C=O) groups excluding carboxylic acids is 1. The molecule has 1 aliphatic rings. The van der Waals surface area contributed by atoms with Crippen LogP contribution in [0.3, 0.4) is 0 Å². The summed E-state index contributed by atoms with van der Waals surface area (Å²) in [6.07, 6.45) is 5.70. The monoisotopic (exact) mass is 197 g/mol. The standard InChI is InChI=1S/C12H23NO/c1-10(2)4-3-5-12(14)9-13-8-11-6-7-11/h10-11,13H,3-9H2,1-2H3. The van der Waals surface area contributed by atoms with E-state index in [-0.39, 0.29) is 0 Å². The Hall–Kier alpha value is -0.370. The predicted octanol–water partition coefficient (Wildman–Crippen LogP) is 2.38. The second-order valence-corrected chi connectivity index (χ2v) is 4.90. The summed E-state index contributed by atoms with van der Waals surface area (Å²) in [5.41, 5.74) is 0. The molecular weight excluding hydrogens is 174 g/mol. The van der Waals surface area contributed by atoms with E-state index in [1.165, 1.54) is 19.3 Å². The molecule has 0 heterocycles. The van der Waals surface area contributed by atoms with Crippen LogP contribution in [0.1, 0.15) is 46.0 Å². The van der Waals surface area contributed by atoms with E-state index in [2.05, 4.69) is 19.2 Å². The largest absolute Gasteiger partial charge is 0.310 e. The van der Waals surface area contributed by atoms with Gasteiger partial charge in [0.2, 0.25) is 0 Å². The third kappa shape index (κ3) is 6.14. The van der Waals surface area contributed by atoms with Gasteiger partial charge in [-0.3, -0.25) is 4.79 Å². The maximum atomic E-state index is 11.4. The maximum absolute atomic E-state index is 11.4. The van der Waals surface area contributed by atoms with Gasteiger partial charge in [-0.1, -0.05) is 20.3 Å². The van der Waals surface area contributed by atoms with Crippen molar-refractivity contribution < 1.29 is 4.79 Å². The SMILES string of the molecule is CC(C)CCCC(=O)CNCC1CC1. The molecule has 14 heavy (non-hydrogen) atoms. The highest BCUT2D eigenvalue weighted by molar-refractivity contribution is 5.80. The van der Waals surface area contributed by atoms with Gasteiger partial charge in [-0.25, -0.2) is 0 Å². The molecule has 82 valence electrons. The van der Waals surface area contributed by atoms with Gasteiger partial charge in [0, 0.05) is 6.42 Å². The van der Waals surface area contributed by atoms with Crippen molar-refractivity contribution in [2.45, 2.75) is 46.0 Å². The number of ketones is 1. The Morgan fingerprint density at radius 2 is 2.14 bits per heavy atom. The van der Waals surface area contributed by atoms with E-state index in [1.807, 2.05) is 0 Å². The van der Waals surface area contributed by atoms with Gasteiger partial charge in [-0.05, 0) is 37.6 Å². The van der Waals surface area contributed by atoms with Crippen LogP contribution in [0.15, 0.2) is 0 Å². The first kappa shape index (κ1) is 11.7. The molecule has 2 nitrogen and oxygen atoms in total. The summed E-state index contributed by atoms with van der Waals surface area (Å²) < 4.78 is 0. The van der Waals surface area contributed by atoms with Crippen molar-refractivity contribution in [3.63, 3.8) is 0 Å². The molecule has 0 bridgehead atoms. The summed E-state index contributed by atoms with van der Waals surface area (Å²) in [5, 5.41) is 3.24. The van der Waals surface area contributed by atoms with E-state index in [1.54, 1.807) is 0 Å². The van der Waals surface area contributed by atoms with Gasteiger partial charge in [-0.15, -0.1) is 0 Å². The molecular formula is C12H23NO. The van der Waals surface area contributed by atoms with Gasteiger partial charge < -0.3 is 5.32 Å². The molecule has 1 saturated carbocycles. The van der Waals surface area contributed by atoms with Crippen molar-refractivity contribution in [1.29, 1.82) is 0 Å². The number of rotatable bonds is 8. The third-order valence-electron chi connectivity index (χ3n) is 2.69. The summed E-state index contributed by atoms with van der Waals surface area (Å²) in [4.78, 5) is 11.4. The topological polar surface area (TPSA) is 29.1 Å². The summed E-state index contributed by atoms with van der Waals surface area (Å²) in [6, 6.07) is 0. The minimum atomic E-state index is 0.381. The van der Waals surface area contributed by atoms with Gasteiger partial charge in [0.25, 0.3) is 0 Å². The summed E-state index contributed by atoms with van der Waals surface area (Å²) in [7, 11) is 0. The van der Waals surface area contributed by atoms with Gasteiger partial charge in [0.05, 0.1) is 6.54 Å². The first-order chi connectivity index (χ1) is 6.68. The molecule has 0 aromatic carbocycles. The van der Waals surface area contributed by atoms with E-state index >= 15 is 0 Å². The lowest BCUT2D eigenvalue weighted by molar-refractivity contribution is -0.118. The predicted molar refractivity (Wildman–Crippen MR) is 59.3 cm³/mol. The van der Waals surface area contributed by atoms with E-state index in [0.29, 0.717) is 12.3 Å². The fourth-order valence-corrected chi connectivity index (χ4v) is 1.53. The van der Waals surface area contributed by atoms with Crippen molar-refractivity contribution in [3.8, 4) is 0 Å². The molecule has 0 radical (unpaired) electrons. The number of hydrogen-bond acceptors (Lipinski definition) is 2. The van der Waals surface area contributed by atoms with Crippen LogP contribution in [0.25, 0.3) is 0 Å². The van der Waals surface area contributed by atoms with E-state index in [9.17, 15) is 4.79 Å². The average Bonchev–Trinajstić information content (AvgIpc) is 2.87. The van der Waals surface area contributed by atoms with Gasteiger partial charge in [0.15, 0.2) is 0 Å². The molecule has 1 fully saturated rings. The quantitative estimate of drug-likeness (QED) is 0.647. The van der Waals surface area contributed by atoms with Gasteiger partial charge >= 0.3 is 0 Å². The number of hydrogen-bond donors (Lipinski definition) is 1. The van der Waals surface area contributed by atoms with Crippen molar-refractivity contribution in [2.24, 2.45) is 11.8 Å². The van der Waals surface area contributed by atoms with E-state index < -0.39 is 0 Å². The van der Waals surface area contributed by atoms with Crippen LogP contribution in [0, 0.1) is 11.8 Å². The first-order valence-corrected chi connectivity index (χ1v) is 5.91. The van der Waals surface area contributed by atoms with E-state index in [0.717, 1.165) is 31.2 Å². The van der Waals surface area contributed by atoms with E-state index in [4.69, 9.17) is 0 Å². The lowest BCUT2D eigenvalue weighted by Gasteiger charge is -2.04. The minimum absolute atomic E-state index is 0.381. The summed E-state index contributed by atoms with van der Waals surface area (Å²) in [6.45, 7) is 6.05. The third-order valence-corrected chi connectivity index (χ3v) is 2.69. The fraction of sp³-hybridized carbons (Fsp3) is 0.917. The molecule has 2 heteroatoms. The molecule has 0 atom stereocenters. The van der Waals surface area contributed by atoms with Crippen molar-refractivity contribution in [2.75, 3.05) is 13.1 Å². The second kappa shape index (κ2) is 6.18. The van der Waals surface area contributed by atoms with Crippen LogP contribution < -0.4 is 5.32 Å². The Morgan fingerprint density at radius 3 is 2.71 bits per heavy atom. The van der Waals surface area contributed by atoms with Crippen molar-refractivity contribution in [1.82, 2.24) is 5.32 Å². The molecule has 0 aromatic heterocycles. The van der Waals surface area contributed by atoms with Crippen LogP contribution >= 0.6 is 0 Å². The summed E-state index contributed by atoms with van der Waals surface area (Å²) >= 11 is 0. The Kier molecular flexibility index (Phi) is 5.16. The molecule has 1 rings (SSSR count). The Balaban J connectivity index is 1.87. The van der Waals surface area contributed by atoms with Crippen LogP contribution in [0.2, 0.25) is 0 Å². The fourth-order valence-electron chi connectivity index (χ4n) is 1.53. The highest BCUT2D eigenvalue weighted by Crippen LogP contribution is 2.27. The zero-order chi connectivity index (χ0) is 10.4. The minimum Gasteiger partial charge on any atom is -0.310 e. The van der Waals surface area contributed by atoms with Crippen LogP contribution in [-0.2, 0) is 4.79 Å². The molecule has 0 saturated heterocycles. The average molecular weight is 197 g/mol. The Bertz CT molecular complexity index is 163. The molecule has 0 amide bonds. The highest BCUT2D eigenvalue weighted by Gasteiger charge is 2.20. The summed E-state index contributed by atoms with van der Waals surface area (Å²) in [5.74, 6) is 1.98. The molecule has 0 unspecified atom stereocenters. The van der Waals surface area contributed by atoms with Gasteiger partial charge in [-0.2, -0.15) is 0 Å². The maximum Gasteiger partial charge on any atom is 0.146 e. The second-order valence-electron chi connectivity index (χ2n) is 4.90. The van der Waals surface area contributed by atoms with Gasteiger partial charge in [0.1, 0.15) is 5.78 Å². The molecule has 0 aromatic rings. The zero-order valence-electron chi connectivity index (χ0n) is 9.51. The molecule has 1 aliphatic carbocycles.